The van der Waals surface area contributed by atoms with E-state index in [1.165, 1.54) is 32.1 Å². The summed E-state index contributed by atoms with van der Waals surface area (Å²) in [5.74, 6) is 0.901. The topological polar surface area (TPSA) is 41.5 Å². The maximum Gasteiger partial charge on any atom is 0.239 e. The SMILES string of the molecule is CCCC1SC(=NCC2CCCCC2)NC1=O. The molecule has 0 aromatic heterocycles. The van der Waals surface area contributed by atoms with Crippen molar-refractivity contribution in [3.05, 3.63) is 0 Å². The lowest BCUT2D eigenvalue weighted by atomic mass is 9.89. The molecule has 1 atom stereocenters. The molecule has 17 heavy (non-hydrogen) atoms. The van der Waals surface area contributed by atoms with E-state index in [9.17, 15) is 4.79 Å². The van der Waals surface area contributed by atoms with Crippen LogP contribution in [-0.2, 0) is 4.79 Å². The number of rotatable bonds is 4. The second kappa shape index (κ2) is 6.43. The van der Waals surface area contributed by atoms with Gasteiger partial charge in [0.15, 0.2) is 5.17 Å². The fraction of sp³-hybridized carbons (Fsp3) is 0.846. The quantitative estimate of drug-likeness (QED) is 0.838. The van der Waals surface area contributed by atoms with Gasteiger partial charge in [0.1, 0.15) is 0 Å². The highest BCUT2D eigenvalue weighted by atomic mass is 32.2. The first kappa shape index (κ1) is 12.9. The van der Waals surface area contributed by atoms with E-state index in [0.717, 1.165) is 30.5 Å². The van der Waals surface area contributed by atoms with Crippen molar-refractivity contribution in [2.45, 2.75) is 57.1 Å². The number of carbonyl (C=O) groups excluding carboxylic acids is 1. The number of aliphatic imine (C=N–C) groups is 1. The summed E-state index contributed by atoms with van der Waals surface area (Å²) in [6.45, 7) is 3.02. The van der Waals surface area contributed by atoms with Gasteiger partial charge < -0.3 is 5.32 Å². The van der Waals surface area contributed by atoms with Crippen molar-refractivity contribution in [3.8, 4) is 0 Å². The van der Waals surface area contributed by atoms with E-state index in [0.29, 0.717) is 0 Å². The summed E-state index contributed by atoms with van der Waals surface area (Å²) in [6, 6.07) is 0. The molecule has 2 fully saturated rings. The van der Waals surface area contributed by atoms with Gasteiger partial charge in [0, 0.05) is 6.54 Å². The standard InChI is InChI=1S/C13H22N2OS/c1-2-6-11-12(16)15-13(17-11)14-9-10-7-4-3-5-8-10/h10-11H,2-9H2,1H3,(H,14,15,16). The van der Waals surface area contributed by atoms with Crippen LogP contribution in [0.2, 0.25) is 0 Å². The van der Waals surface area contributed by atoms with Crippen LogP contribution < -0.4 is 5.32 Å². The number of hydrogen-bond donors (Lipinski definition) is 1. The molecule has 2 rings (SSSR count). The second-order valence-corrected chi connectivity index (χ2v) is 6.23. The van der Waals surface area contributed by atoms with Crippen molar-refractivity contribution >= 4 is 22.8 Å². The zero-order valence-electron chi connectivity index (χ0n) is 10.6. The Hall–Kier alpha value is -0.510. The Balaban J connectivity index is 1.80. The average Bonchev–Trinajstić information content (AvgIpc) is 2.70. The summed E-state index contributed by atoms with van der Waals surface area (Å²) in [7, 11) is 0. The lowest BCUT2D eigenvalue weighted by Crippen LogP contribution is -2.25. The Morgan fingerprint density at radius 1 is 1.35 bits per heavy atom. The zero-order chi connectivity index (χ0) is 12.1. The Bertz CT molecular complexity index is 298. The monoisotopic (exact) mass is 254 g/mol. The number of amides is 1. The first-order valence-corrected chi connectivity index (χ1v) is 7.69. The summed E-state index contributed by atoms with van der Waals surface area (Å²) >= 11 is 1.62. The number of carbonyl (C=O) groups is 1. The van der Waals surface area contributed by atoms with Crippen molar-refractivity contribution < 1.29 is 4.79 Å². The van der Waals surface area contributed by atoms with Gasteiger partial charge in [0.05, 0.1) is 5.25 Å². The minimum absolute atomic E-state index is 0.102. The van der Waals surface area contributed by atoms with E-state index >= 15 is 0 Å². The average molecular weight is 254 g/mol. The van der Waals surface area contributed by atoms with Gasteiger partial charge in [-0.05, 0) is 25.2 Å². The third-order valence-corrected chi connectivity index (χ3v) is 4.73. The molecule has 3 nitrogen and oxygen atoms in total. The summed E-state index contributed by atoms with van der Waals surface area (Å²) < 4.78 is 0. The minimum atomic E-state index is 0.102. The van der Waals surface area contributed by atoms with E-state index in [1.807, 2.05) is 0 Å². The van der Waals surface area contributed by atoms with Gasteiger partial charge in [-0.3, -0.25) is 9.79 Å². The molecule has 0 radical (unpaired) electrons. The molecule has 0 spiro atoms. The number of nitrogens with zero attached hydrogens (tertiary/aromatic N) is 1. The molecule has 96 valence electrons. The van der Waals surface area contributed by atoms with Crippen molar-refractivity contribution in [1.82, 2.24) is 5.32 Å². The van der Waals surface area contributed by atoms with Crippen molar-refractivity contribution in [1.29, 1.82) is 0 Å². The molecule has 0 aromatic carbocycles. The Morgan fingerprint density at radius 2 is 2.12 bits per heavy atom. The highest BCUT2D eigenvalue weighted by Gasteiger charge is 2.29. The van der Waals surface area contributed by atoms with Crippen molar-refractivity contribution in [2.24, 2.45) is 10.9 Å². The normalized spacial score (nSPS) is 28.6. The summed E-state index contributed by atoms with van der Waals surface area (Å²) in [5.41, 5.74) is 0. The van der Waals surface area contributed by atoms with Crippen LogP contribution in [0.25, 0.3) is 0 Å². The Labute approximate surface area is 108 Å². The predicted octanol–water partition coefficient (Wildman–Crippen LogP) is 2.95. The van der Waals surface area contributed by atoms with Crippen molar-refractivity contribution in [3.63, 3.8) is 0 Å². The first-order valence-electron chi connectivity index (χ1n) is 6.81. The molecule has 2 aliphatic rings. The number of thioether (sulfide) groups is 1. The predicted molar refractivity (Wildman–Crippen MR) is 73.3 cm³/mol. The molecule has 1 saturated carbocycles. The molecule has 1 amide bonds. The van der Waals surface area contributed by atoms with Crippen LogP contribution in [-0.4, -0.2) is 22.9 Å². The summed E-state index contributed by atoms with van der Waals surface area (Å²) in [6.07, 6.45) is 8.74. The molecule has 0 bridgehead atoms. The molecular weight excluding hydrogens is 232 g/mol. The van der Waals surface area contributed by atoms with Crippen LogP contribution in [0.3, 0.4) is 0 Å². The van der Waals surface area contributed by atoms with Gasteiger partial charge in [-0.2, -0.15) is 0 Å². The Morgan fingerprint density at radius 3 is 2.82 bits per heavy atom. The maximum atomic E-state index is 11.6. The smallest absolute Gasteiger partial charge is 0.239 e. The third kappa shape index (κ3) is 3.73. The molecular formula is C13H22N2OS. The highest BCUT2D eigenvalue weighted by molar-refractivity contribution is 8.15. The van der Waals surface area contributed by atoms with Gasteiger partial charge in [0.25, 0.3) is 0 Å². The van der Waals surface area contributed by atoms with Crippen LogP contribution in [0, 0.1) is 5.92 Å². The van der Waals surface area contributed by atoms with Gasteiger partial charge in [-0.25, -0.2) is 0 Å². The molecule has 1 heterocycles. The van der Waals surface area contributed by atoms with E-state index in [4.69, 9.17) is 0 Å². The molecule has 1 saturated heterocycles. The molecule has 1 aliphatic carbocycles. The largest absolute Gasteiger partial charge is 0.304 e. The fourth-order valence-electron chi connectivity index (χ4n) is 2.51. The first-order chi connectivity index (χ1) is 8.29. The van der Waals surface area contributed by atoms with Crippen LogP contribution in [0.4, 0.5) is 0 Å². The lowest BCUT2D eigenvalue weighted by Gasteiger charge is -2.19. The number of hydrogen-bond acceptors (Lipinski definition) is 3. The number of amidine groups is 1. The lowest BCUT2D eigenvalue weighted by molar-refractivity contribution is -0.118. The minimum Gasteiger partial charge on any atom is -0.304 e. The molecule has 1 aliphatic heterocycles. The van der Waals surface area contributed by atoms with Crippen LogP contribution in [0.1, 0.15) is 51.9 Å². The van der Waals surface area contributed by atoms with Gasteiger partial charge in [-0.1, -0.05) is 44.4 Å². The van der Waals surface area contributed by atoms with E-state index in [2.05, 4.69) is 17.2 Å². The maximum absolute atomic E-state index is 11.6. The third-order valence-electron chi connectivity index (χ3n) is 3.55. The molecule has 1 unspecified atom stereocenters. The van der Waals surface area contributed by atoms with Gasteiger partial charge in [0.2, 0.25) is 5.91 Å². The summed E-state index contributed by atoms with van der Waals surface area (Å²) in [4.78, 5) is 16.2. The number of nitrogens with one attached hydrogen (secondary N) is 1. The second-order valence-electron chi connectivity index (χ2n) is 5.03. The van der Waals surface area contributed by atoms with Crippen molar-refractivity contribution in [2.75, 3.05) is 6.54 Å². The van der Waals surface area contributed by atoms with E-state index < -0.39 is 0 Å². The molecule has 4 heteroatoms. The van der Waals surface area contributed by atoms with Crippen LogP contribution in [0.15, 0.2) is 4.99 Å². The van der Waals surface area contributed by atoms with Gasteiger partial charge >= 0.3 is 0 Å². The van der Waals surface area contributed by atoms with Gasteiger partial charge in [-0.15, -0.1) is 0 Å². The zero-order valence-corrected chi connectivity index (χ0v) is 11.4. The van der Waals surface area contributed by atoms with E-state index in [1.54, 1.807) is 11.8 Å². The van der Waals surface area contributed by atoms with Crippen LogP contribution in [0.5, 0.6) is 0 Å². The molecule has 1 N–H and O–H groups in total. The van der Waals surface area contributed by atoms with Crippen LogP contribution >= 0.6 is 11.8 Å². The summed E-state index contributed by atoms with van der Waals surface area (Å²) in [5, 5.41) is 3.86. The molecule has 0 aromatic rings. The Kier molecular flexibility index (Phi) is 4.89. The highest BCUT2D eigenvalue weighted by Crippen LogP contribution is 2.26. The van der Waals surface area contributed by atoms with E-state index in [-0.39, 0.29) is 11.2 Å². The fourth-order valence-corrected chi connectivity index (χ4v) is 3.61.